The Morgan fingerprint density at radius 2 is 1.83 bits per heavy atom. The first-order valence-corrected chi connectivity index (χ1v) is 7.13. The average molecular weight is 253 g/mol. The Morgan fingerprint density at radius 3 is 2.22 bits per heavy atom. The van der Waals surface area contributed by atoms with E-state index in [9.17, 15) is 5.26 Å². The zero-order valence-electron chi connectivity index (χ0n) is 13.1. The van der Waals surface area contributed by atoms with E-state index in [-0.39, 0.29) is 5.54 Å². The molecule has 1 unspecified atom stereocenters. The third kappa shape index (κ3) is 6.98. The summed E-state index contributed by atoms with van der Waals surface area (Å²) in [6.07, 6.45) is 2.88. The Hall–Kier alpha value is -0.590. The summed E-state index contributed by atoms with van der Waals surface area (Å²) in [5.41, 5.74) is 0.0187. The summed E-state index contributed by atoms with van der Waals surface area (Å²) in [5.74, 6) is 0. The van der Waals surface area contributed by atoms with E-state index in [4.69, 9.17) is 0 Å². The monoisotopic (exact) mass is 253 g/mol. The van der Waals surface area contributed by atoms with Crippen molar-refractivity contribution < 1.29 is 0 Å². The molecule has 3 heteroatoms. The van der Waals surface area contributed by atoms with Crippen LogP contribution < -0.4 is 5.32 Å². The fourth-order valence-electron chi connectivity index (χ4n) is 2.44. The van der Waals surface area contributed by atoms with Gasteiger partial charge in [-0.1, -0.05) is 34.6 Å². The second kappa shape index (κ2) is 7.76. The van der Waals surface area contributed by atoms with Gasteiger partial charge in [-0.2, -0.15) is 5.26 Å². The molecule has 0 aliphatic carbocycles. The molecule has 0 aliphatic rings. The molecule has 0 fully saturated rings. The van der Waals surface area contributed by atoms with Gasteiger partial charge in [0.15, 0.2) is 0 Å². The normalized spacial score (nSPS) is 15.4. The predicted molar refractivity (Wildman–Crippen MR) is 78.5 cm³/mol. The van der Waals surface area contributed by atoms with E-state index in [1.807, 2.05) is 0 Å². The Labute approximate surface area is 114 Å². The molecule has 0 rings (SSSR count). The van der Waals surface area contributed by atoms with E-state index in [0.29, 0.717) is 5.41 Å². The van der Waals surface area contributed by atoms with Crippen molar-refractivity contribution in [1.29, 1.82) is 5.26 Å². The van der Waals surface area contributed by atoms with Crippen LogP contribution in [0.5, 0.6) is 0 Å². The fourth-order valence-corrected chi connectivity index (χ4v) is 2.44. The zero-order valence-corrected chi connectivity index (χ0v) is 13.1. The highest BCUT2D eigenvalue weighted by atomic mass is 15.1. The molecular formula is C15H31N3. The van der Waals surface area contributed by atoms with Crippen molar-refractivity contribution in [3.05, 3.63) is 0 Å². The van der Waals surface area contributed by atoms with Crippen LogP contribution in [0.25, 0.3) is 0 Å². The summed E-state index contributed by atoms with van der Waals surface area (Å²) in [6.45, 7) is 13.9. The highest BCUT2D eigenvalue weighted by Gasteiger charge is 2.26. The Bertz CT molecular complexity index is 262. The molecule has 106 valence electrons. The number of nitrogens with one attached hydrogen (secondary N) is 1. The summed E-state index contributed by atoms with van der Waals surface area (Å²) in [6, 6.07) is 2.46. The van der Waals surface area contributed by atoms with Crippen molar-refractivity contribution in [2.24, 2.45) is 5.41 Å². The molecule has 0 aromatic rings. The van der Waals surface area contributed by atoms with Gasteiger partial charge in [-0.3, -0.25) is 5.32 Å². The topological polar surface area (TPSA) is 39.1 Å². The molecule has 0 spiro atoms. The first-order chi connectivity index (χ1) is 8.28. The fraction of sp³-hybridized carbons (Fsp3) is 0.933. The van der Waals surface area contributed by atoms with Crippen LogP contribution in [0.15, 0.2) is 0 Å². The maximum Gasteiger partial charge on any atom is 0.106 e. The molecule has 0 heterocycles. The maximum absolute atomic E-state index is 9.33. The van der Waals surface area contributed by atoms with Gasteiger partial charge in [-0.25, -0.2) is 0 Å². The van der Waals surface area contributed by atoms with Crippen molar-refractivity contribution in [2.45, 2.75) is 59.4 Å². The van der Waals surface area contributed by atoms with E-state index in [0.717, 1.165) is 38.9 Å². The molecule has 0 saturated heterocycles. The molecule has 3 nitrogen and oxygen atoms in total. The van der Waals surface area contributed by atoms with Gasteiger partial charge in [0, 0.05) is 6.54 Å². The van der Waals surface area contributed by atoms with Crippen LogP contribution in [0.4, 0.5) is 0 Å². The molecular weight excluding hydrogens is 222 g/mol. The van der Waals surface area contributed by atoms with Crippen molar-refractivity contribution in [3.8, 4) is 6.07 Å². The van der Waals surface area contributed by atoms with Gasteiger partial charge in [0.2, 0.25) is 0 Å². The SMILES string of the molecule is CCNC(C#N)(CC)CCCN(C)CC(C)(C)C. The van der Waals surface area contributed by atoms with E-state index in [1.165, 1.54) is 0 Å². The van der Waals surface area contributed by atoms with Crippen LogP contribution in [0.3, 0.4) is 0 Å². The minimum atomic E-state index is -0.322. The molecule has 0 amide bonds. The Morgan fingerprint density at radius 1 is 1.22 bits per heavy atom. The maximum atomic E-state index is 9.33. The van der Waals surface area contributed by atoms with Crippen LogP contribution in [0, 0.1) is 16.7 Å². The van der Waals surface area contributed by atoms with Gasteiger partial charge in [0.25, 0.3) is 0 Å². The minimum Gasteiger partial charge on any atom is -0.306 e. The lowest BCUT2D eigenvalue weighted by Crippen LogP contribution is -2.44. The van der Waals surface area contributed by atoms with E-state index in [1.54, 1.807) is 0 Å². The molecule has 0 aromatic heterocycles. The smallest absolute Gasteiger partial charge is 0.106 e. The summed E-state index contributed by atoms with van der Waals surface area (Å²) in [5, 5.41) is 12.7. The lowest BCUT2D eigenvalue weighted by molar-refractivity contribution is 0.217. The first-order valence-electron chi connectivity index (χ1n) is 7.13. The van der Waals surface area contributed by atoms with Crippen molar-refractivity contribution in [2.75, 3.05) is 26.7 Å². The van der Waals surface area contributed by atoms with Gasteiger partial charge in [-0.15, -0.1) is 0 Å². The summed E-state index contributed by atoms with van der Waals surface area (Å²) in [4.78, 5) is 2.36. The second-order valence-corrected chi connectivity index (χ2v) is 6.48. The molecule has 0 radical (unpaired) electrons. The van der Waals surface area contributed by atoms with Crippen molar-refractivity contribution >= 4 is 0 Å². The Balaban J connectivity index is 4.12. The van der Waals surface area contributed by atoms with Gasteiger partial charge in [-0.05, 0) is 44.8 Å². The van der Waals surface area contributed by atoms with Crippen LogP contribution in [-0.4, -0.2) is 37.1 Å². The van der Waals surface area contributed by atoms with E-state index < -0.39 is 0 Å². The zero-order chi connectivity index (χ0) is 14.2. The largest absolute Gasteiger partial charge is 0.306 e. The quantitative estimate of drug-likeness (QED) is 0.722. The number of nitrogens with zero attached hydrogens (tertiary/aromatic N) is 2. The van der Waals surface area contributed by atoms with E-state index >= 15 is 0 Å². The van der Waals surface area contributed by atoms with Gasteiger partial charge in [0.05, 0.1) is 6.07 Å². The molecule has 1 N–H and O–H groups in total. The second-order valence-electron chi connectivity index (χ2n) is 6.48. The van der Waals surface area contributed by atoms with Crippen LogP contribution in [-0.2, 0) is 0 Å². The third-order valence-electron chi connectivity index (χ3n) is 3.22. The first kappa shape index (κ1) is 17.4. The van der Waals surface area contributed by atoms with Gasteiger partial charge >= 0.3 is 0 Å². The Kier molecular flexibility index (Phi) is 7.51. The molecule has 0 bridgehead atoms. The minimum absolute atomic E-state index is 0.322. The van der Waals surface area contributed by atoms with Gasteiger partial charge < -0.3 is 4.90 Å². The highest BCUT2D eigenvalue weighted by molar-refractivity contribution is 5.05. The number of rotatable bonds is 8. The lowest BCUT2D eigenvalue weighted by Gasteiger charge is -2.29. The molecule has 0 aromatic carbocycles. The molecule has 1 atom stereocenters. The summed E-state index contributed by atoms with van der Waals surface area (Å²) < 4.78 is 0. The van der Waals surface area contributed by atoms with Crippen LogP contribution >= 0.6 is 0 Å². The number of nitriles is 1. The average Bonchev–Trinajstić information content (AvgIpc) is 2.25. The van der Waals surface area contributed by atoms with E-state index in [2.05, 4.69) is 58.0 Å². The third-order valence-corrected chi connectivity index (χ3v) is 3.22. The summed E-state index contributed by atoms with van der Waals surface area (Å²) in [7, 11) is 2.17. The number of hydrogen-bond acceptors (Lipinski definition) is 3. The summed E-state index contributed by atoms with van der Waals surface area (Å²) >= 11 is 0. The molecule has 0 saturated carbocycles. The van der Waals surface area contributed by atoms with Crippen molar-refractivity contribution in [3.63, 3.8) is 0 Å². The van der Waals surface area contributed by atoms with Gasteiger partial charge in [0.1, 0.15) is 5.54 Å². The standard InChI is InChI=1S/C15H31N3/c1-7-15(12-16,17-8-2)10-9-11-18(6)13-14(3,4)5/h17H,7-11,13H2,1-6H3. The van der Waals surface area contributed by atoms with Crippen LogP contribution in [0.1, 0.15) is 53.9 Å². The molecule has 0 aliphatic heterocycles. The highest BCUT2D eigenvalue weighted by Crippen LogP contribution is 2.18. The van der Waals surface area contributed by atoms with Crippen molar-refractivity contribution in [1.82, 2.24) is 10.2 Å². The number of hydrogen-bond donors (Lipinski definition) is 1. The van der Waals surface area contributed by atoms with Crippen LogP contribution in [0.2, 0.25) is 0 Å². The predicted octanol–water partition coefficient (Wildman–Crippen LogP) is 3.03. The molecule has 18 heavy (non-hydrogen) atoms. The lowest BCUT2D eigenvalue weighted by atomic mass is 9.91.